The molecule has 1 aliphatic rings. The lowest BCUT2D eigenvalue weighted by Gasteiger charge is -2.21. The second-order valence-corrected chi connectivity index (χ2v) is 9.46. The van der Waals surface area contributed by atoms with Crippen molar-refractivity contribution in [3.8, 4) is 0 Å². The van der Waals surface area contributed by atoms with Crippen molar-refractivity contribution in [1.82, 2.24) is 9.62 Å². The van der Waals surface area contributed by atoms with Crippen molar-refractivity contribution in [2.24, 2.45) is 0 Å². The number of carbonyl (C=O) groups excluding carboxylic acids is 1. The van der Waals surface area contributed by atoms with E-state index in [1.54, 1.807) is 0 Å². The minimum Gasteiger partial charge on any atom is -0.324 e. The van der Waals surface area contributed by atoms with Gasteiger partial charge in [0.2, 0.25) is 15.9 Å². The van der Waals surface area contributed by atoms with Crippen molar-refractivity contribution in [3.63, 3.8) is 0 Å². The van der Waals surface area contributed by atoms with Gasteiger partial charge in [0.1, 0.15) is 0 Å². The molecule has 2 N–H and O–H groups in total. The van der Waals surface area contributed by atoms with Crippen LogP contribution in [-0.4, -0.2) is 45.3 Å². The molecule has 0 spiro atoms. The summed E-state index contributed by atoms with van der Waals surface area (Å²) in [6, 6.07) is 4.67. The highest BCUT2D eigenvalue weighted by atomic mass is 35.5. The second kappa shape index (κ2) is 9.69. The summed E-state index contributed by atoms with van der Waals surface area (Å²) in [7, 11) is -0.662. The predicted molar refractivity (Wildman–Crippen MR) is 105 cm³/mol. The Labute approximate surface area is 161 Å². The van der Waals surface area contributed by atoms with Crippen LogP contribution in [0, 0.1) is 0 Å². The van der Waals surface area contributed by atoms with E-state index in [9.17, 15) is 13.2 Å². The van der Waals surface area contributed by atoms with Gasteiger partial charge < -0.3 is 10.6 Å². The van der Waals surface area contributed by atoms with E-state index in [2.05, 4.69) is 10.6 Å². The highest BCUT2D eigenvalue weighted by molar-refractivity contribution is 7.89. The fourth-order valence-corrected chi connectivity index (χ4v) is 4.16. The van der Waals surface area contributed by atoms with Crippen LogP contribution >= 0.6 is 11.6 Å². The zero-order valence-corrected chi connectivity index (χ0v) is 17.0. The van der Waals surface area contributed by atoms with Crippen LogP contribution in [0.3, 0.4) is 0 Å². The molecule has 1 fully saturated rings. The van der Waals surface area contributed by atoms with Gasteiger partial charge in [-0.05, 0) is 31.0 Å². The van der Waals surface area contributed by atoms with Gasteiger partial charge in [-0.1, -0.05) is 43.7 Å². The number of amides is 1. The third-order valence-electron chi connectivity index (χ3n) is 4.65. The normalized spacial score (nSPS) is 16.9. The molecular formula is C18H28ClN3O3S. The van der Waals surface area contributed by atoms with Gasteiger partial charge in [0.25, 0.3) is 0 Å². The number of hydrogen-bond donors (Lipinski definition) is 2. The van der Waals surface area contributed by atoms with Crippen molar-refractivity contribution in [3.05, 3.63) is 23.2 Å². The minimum absolute atomic E-state index is 0.0928. The van der Waals surface area contributed by atoms with Crippen LogP contribution in [-0.2, 0) is 14.8 Å². The largest absolute Gasteiger partial charge is 0.324 e. The molecule has 1 saturated carbocycles. The van der Waals surface area contributed by atoms with Crippen LogP contribution in [0.15, 0.2) is 23.1 Å². The summed E-state index contributed by atoms with van der Waals surface area (Å²) in [5.74, 6) is -0.228. The molecule has 146 valence electrons. The van der Waals surface area contributed by atoms with Crippen molar-refractivity contribution in [1.29, 1.82) is 0 Å². The lowest BCUT2D eigenvalue weighted by Crippen LogP contribution is -2.36. The maximum Gasteiger partial charge on any atom is 0.242 e. The van der Waals surface area contributed by atoms with Crippen molar-refractivity contribution in [2.75, 3.05) is 26.0 Å². The Balaban J connectivity index is 1.97. The Morgan fingerprint density at radius 1 is 1.15 bits per heavy atom. The van der Waals surface area contributed by atoms with E-state index in [-0.39, 0.29) is 17.3 Å². The van der Waals surface area contributed by atoms with Crippen LogP contribution in [0.2, 0.25) is 5.02 Å². The molecule has 6 nitrogen and oxygen atoms in total. The number of nitrogens with one attached hydrogen (secondary N) is 2. The molecule has 0 bridgehead atoms. The van der Waals surface area contributed by atoms with Gasteiger partial charge in [0, 0.05) is 20.1 Å². The molecule has 1 aromatic carbocycles. The van der Waals surface area contributed by atoms with Crippen LogP contribution in [0.1, 0.15) is 44.9 Å². The van der Waals surface area contributed by atoms with Gasteiger partial charge in [-0.25, -0.2) is 12.7 Å². The number of halogens is 1. The van der Waals surface area contributed by atoms with Gasteiger partial charge in [-0.15, -0.1) is 0 Å². The first kappa shape index (κ1) is 21.2. The maximum absolute atomic E-state index is 12.3. The van der Waals surface area contributed by atoms with E-state index in [0.29, 0.717) is 16.8 Å². The lowest BCUT2D eigenvalue weighted by atomic mass is 9.97. The number of anilines is 1. The SMILES string of the molecule is CN(C)S(=O)(=O)c1ccc(Cl)c(NC(=O)CNC2CCCCCCC2)c1. The Hall–Kier alpha value is -1.15. The molecule has 1 amide bonds. The first-order valence-corrected chi connectivity index (χ1v) is 10.9. The summed E-state index contributed by atoms with van der Waals surface area (Å²) in [6.07, 6.45) is 8.37. The molecule has 0 heterocycles. The van der Waals surface area contributed by atoms with Gasteiger partial charge in [-0.3, -0.25) is 4.79 Å². The Bertz CT molecular complexity index is 714. The third-order valence-corrected chi connectivity index (χ3v) is 6.79. The zero-order chi connectivity index (χ0) is 19.2. The van der Waals surface area contributed by atoms with E-state index < -0.39 is 10.0 Å². The molecular weight excluding hydrogens is 374 g/mol. The number of rotatable bonds is 6. The van der Waals surface area contributed by atoms with Crippen molar-refractivity contribution < 1.29 is 13.2 Å². The summed E-state index contributed by atoms with van der Waals surface area (Å²) in [6.45, 7) is 0.186. The highest BCUT2D eigenvalue weighted by Crippen LogP contribution is 2.26. The molecule has 0 radical (unpaired) electrons. The molecule has 2 rings (SSSR count). The molecule has 1 aromatic rings. The number of carbonyl (C=O) groups is 1. The summed E-state index contributed by atoms with van der Waals surface area (Å²) >= 11 is 6.11. The number of benzene rings is 1. The molecule has 0 aromatic heterocycles. The highest BCUT2D eigenvalue weighted by Gasteiger charge is 2.19. The number of hydrogen-bond acceptors (Lipinski definition) is 4. The Morgan fingerprint density at radius 2 is 1.77 bits per heavy atom. The van der Waals surface area contributed by atoms with E-state index in [4.69, 9.17) is 11.6 Å². The zero-order valence-electron chi connectivity index (χ0n) is 15.4. The fraction of sp³-hybridized carbons (Fsp3) is 0.611. The number of sulfonamides is 1. The van der Waals surface area contributed by atoms with E-state index in [1.807, 2.05) is 0 Å². The molecule has 26 heavy (non-hydrogen) atoms. The molecule has 8 heteroatoms. The molecule has 0 unspecified atom stereocenters. The predicted octanol–water partition coefficient (Wildman–Crippen LogP) is 3.23. The van der Waals surface area contributed by atoms with Crippen molar-refractivity contribution in [2.45, 2.75) is 55.9 Å². The topological polar surface area (TPSA) is 78.5 Å². The quantitative estimate of drug-likeness (QED) is 0.767. The number of nitrogens with zero attached hydrogens (tertiary/aromatic N) is 1. The first-order valence-electron chi connectivity index (χ1n) is 9.06. The summed E-state index contributed by atoms with van der Waals surface area (Å²) in [4.78, 5) is 12.4. The van der Waals surface area contributed by atoms with E-state index >= 15 is 0 Å². The second-order valence-electron chi connectivity index (χ2n) is 6.90. The summed E-state index contributed by atoms with van der Waals surface area (Å²) in [5, 5.41) is 6.33. The molecule has 1 aliphatic carbocycles. The van der Waals surface area contributed by atoms with Gasteiger partial charge in [0.15, 0.2) is 0 Å². The van der Waals surface area contributed by atoms with Crippen LogP contribution in [0.25, 0.3) is 0 Å². The Kier molecular flexibility index (Phi) is 7.88. The maximum atomic E-state index is 12.3. The summed E-state index contributed by atoms with van der Waals surface area (Å²) in [5.41, 5.74) is 0.305. The van der Waals surface area contributed by atoms with Crippen LogP contribution in [0.5, 0.6) is 0 Å². The van der Waals surface area contributed by atoms with Gasteiger partial charge in [-0.2, -0.15) is 0 Å². The average molecular weight is 402 g/mol. The third kappa shape index (κ3) is 5.94. The van der Waals surface area contributed by atoms with Crippen LogP contribution < -0.4 is 10.6 Å². The fourth-order valence-electron chi connectivity index (χ4n) is 3.06. The first-order chi connectivity index (χ1) is 12.3. The average Bonchev–Trinajstić information content (AvgIpc) is 2.55. The van der Waals surface area contributed by atoms with Gasteiger partial charge in [0.05, 0.1) is 22.2 Å². The molecule has 0 aliphatic heterocycles. The smallest absolute Gasteiger partial charge is 0.242 e. The molecule has 0 saturated heterocycles. The Morgan fingerprint density at radius 3 is 2.38 bits per heavy atom. The van der Waals surface area contributed by atoms with Crippen molar-refractivity contribution >= 4 is 33.2 Å². The van der Waals surface area contributed by atoms with Crippen LogP contribution in [0.4, 0.5) is 5.69 Å². The monoisotopic (exact) mass is 401 g/mol. The lowest BCUT2D eigenvalue weighted by molar-refractivity contribution is -0.115. The van der Waals surface area contributed by atoms with E-state index in [1.165, 1.54) is 64.4 Å². The molecule has 0 atom stereocenters. The minimum atomic E-state index is -3.58. The van der Waals surface area contributed by atoms with E-state index in [0.717, 1.165) is 17.1 Å². The standard InChI is InChI=1S/C18H28ClN3O3S/c1-22(2)26(24,25)15-10-11-16(19)17(12-15)21-18(23)13-20-14-8-6-4-3-5-7-9-14/h10-12,14,20H,3-9,13H2,1-2H3,(H,21,23). The van der Waals surface area contributed by atoms with Gasteiger partial charge >= 0.3 is 0 Å². The summed E-state index contributed by atoms with van der Waals surface area (Å²) < 4.78 is 25.6.